The van der Waals surface area contributed by atoms with Crippen LogP contribution in [0.5, 0.6) is 0 Å². The van der Waals surface area contributed by atoms with E-state index >= 15 is 0 Å². The van der Waals surface area contributed by atoms with Crippen LogP contribution in [-0.2, 0) is 4.79 Å². The molecule has 2 rings (SSSR count). The fraction of sp³-hybridized carbons (Fsp3) is 0.909. The number of carbonyl (C=O) groups excluding carboxylic acids is 1. The lowest BCUT2D eigenvalue weighted by Gasteiger charge is -2.30. The Bertz CT molecular complexity index is 228. The van der Waals surface area contributed by atoms with Crippen LogP contribution in [0.4, 0.5) is 0 Å². The minimum Gasteiger partial charge on any atom is -0.353 e. The second-order valence-electron chi connectivity index (χ2n) is 4.79. The van der Waals surface area contributed by atoms with E-state index in [4.69, 9.17) is 5.73 Å². The van der Waals surface area contributed by atoms with Gasteiger partial charge in [0, 0.05) is 31.6 Å². The monoisotopic (exact) mass is 211 g/mol. The first-order valence-electron chi connectivity index (χ1n) is 6.01. The SMILES string of the molecule is N[C@@H]1CCCN(CCC(=O)NC2CC2)C1. The second kappa shape index (κ2) is 4.94. The zero-order valence-electron chi connectivity index (χ0n) is 9.24. The minimum absolute atomic E-state index is 0.205. The van der Waals surface area contributed by atoms with Crippen molar-refractivity contribution in [1.29, 1.82) is 0 Å². The van der Waals surface area contributed by atoms with E-state index in [9.17, 15) is 4.79 Å². The number of likely N-dealkylation sites (tertiary alicyclic amines) is 1. The molecule has 86 valence electrons. The van der Waals surface area contributed by atoms with Crippen molar-refractivity contribution in [2.75, 3.05) is 19.6 Å². The highest BCUT2D eigenvalue weighted by Gasteiger charge is 2.23. The quantitative estimate of drug-likeness (QED) is 0.692. The van der Waals surface area contributed by atoms with Gasteiger partial charge in [-0.15, -0.1) is 0 Å². The third-order valence-electron chi connectivity index (χ3n) is 3.14. The van der Waals surface area contributed by atoms with E-state index in [-0.39, 0.29) is 5.91 Å². The number of hydrogen-bond acceptors (Lipinski definition) is 3. The molecule has 0 bridgehead atoms. The summed E-state index contributed by atoms with van der Waals surface area (Å²) in [5.41, 5.74) is 5.88. The van der Waals surface area contributed by atoms with Gasteiger partial charge in [0.25, 0.3) is 0 Å². The van der Waals surface area contributed by atoms with Crippen LogP contribution in [0.2, 0.25) is 0 Å². The molecule has 1 heterocycles. The van der Waals surface area contributed by atoms with Gasteiger partial charge in [0.1, 0.15) is 0 Å². The van der Waals surface area contributed by atoms with Gasteiger partial charge in [-0.3, -0.25) is 4.79 Å². The molecule has 0 spiro atoms. The van der Waals surface area contributed by atoms with Crippen LogP contribution in [0.1, 0.15) is 32.1 Å². The zero-order valence-corrected chi connectivity index (χ0v) is 9.24. The van der Waals surface area contributed by atoms with Crippen molar-refractivity contribution in [3.8, 4) is 0 Å². The summed E-state index contributed by atoms with van der Waals surface area (Å²) in [4.78, 5) is 13.8. The van der Waals surface area contributed by atoms with Gasteiger partial charge in [0.05, 0.1) is 0 Å². The lowest BCUT2D eigenvalue weighted by Crippen LogP contribution is -2.44. The molecule has 2 aliphatic rings. The van der Waals surface area contributed by atoms with Crippen LogP contribution in [0, 0.1) is 0 Å². The predicted molar refractivity (Wildman–Crippen MR) is 59.4 cm³/mol. The molecule has 1 saturated carbocycles. The van der Waals surface area contributed by atoms with Crippen molar-refractivity contribution < 1.29 is 4.79 Å². The summed E-state index contributed by atoms with van der Waals surface area (Å²) in [6, 6.07) is 0.798. The Morgan fingerprint density at radius 3 is 2.87 bits per heavy atom. The van der Waals surface area contributed by atoms with Gasteiger partial charge in [-0.1, -0.05) is 0 Å². The minimum atomic E-state index is 0.205. The summed E-state index contributed by atoms with van der Waals surface area (Å²) >= 11 is 0. The number of rotatable bonds is 4. The van der Waals surface area contributed by atoms with Crippen molar-refractivity contribution in [3.05, 3.63) is 0 Å². The molecule has 1 amide bonds. The van der Waals surface area contributed by atoms with Gasteiger partial charge in [-0.05, 0) is 32.2 Å². The van der Waals surface area contributed by atoms with Gasteiger partial charge in [0.15, 0.2) is 0 Å². The number of carbonyl (C=O) groups is 1. The van der Waals surface area contributed by atoms with E-state index < -0.39 is 0 Å². The average molecular weight is 211 g/mol. The third kappa shape index (κ3) is 3.80. The summed E-state index contributed by atoms with van der Waals surface area (Å²) < 4.78 is 0. The van der Waals surface area contributed by atoms with Gasteiger partial charge < -0.3 is 16.0 Å². The first-order valence-corrected chi connectivity index (χ1v) is 6.01. The summed E-state index contributed by atoms with van der Waals surface area (Å²) in [6.07, 6.45) is 5.26. The van der Waals surface area contributed by atoms with E-state index in [1.54, 1.807) is 0 Å². The number of nitrogens with two attached hydrogens (primary N) is 1. The Balaban J connectivity index is 1.61. The average Bonchev–Trinajstić information content (AvgIpc) is 2.99. The molecule has 0 aromatic rings. The molecule has 1 aliphatic heterocycles. The fourth-order valence-corrected chi connectivity index (χ4v) is 2.08. The van der Waals surface area contributed by atoms with Gasteiger partial charge in [0.2, 0.25) is 5.91 Å². The van der Waals surface area contributed by atoms with Gasteiger partial charge in [-0.25, -0.2) is 0 Å². The maximum absolute atomic E-state index is 11.4. The maximum atomic E-state index is 11.4. The van der Waals surface area contributed by atoms with Crippen LogP contribution >= 0.6 is 0 Å². The van der Waals surface area contributed by atoms with Crippen molar-refractivity contribution >= 4 is 5.91 Å². The van der Waals surface area contributed by atoms with Crippen LogP contribution in [-0.4, -0.2) is 42.5 Å². The Kier molecular flexibility index (Phi) is 3.59. The summed E-state index contributed by atoms with van der Waals surface area (Å²) in [5.74, 6) is 0.205. The summed E-state index contributed by atoms with van der Waals surface area (Å²) in [7, 11) is 0. The van der Waals surface area contributed by atoms with Crippen molar-refractivity contribution in [3.63, 3.8) is 0 Å². The van der Waals surface area contributed by atoms with E-state index in [1.165, 1.54) is 19.3 Å². The first kappa shape index (κ1) is 10.9. The molecule has 4 heteroatoms. The highest BCUT2D eigenvalue weighted by molar-refractivity contribution is 5.76. The molecule has 0 aromatic carbocycles. The summed E-state index contributed by atoms with van der Waals surface area (Å²) in [5, 5.41) is 3.01. The molecule has 1 saturated heterocycles. The first-order chi connectivity index (χ1) is 7.24. The molecular weight excluding hydrogens is 190 g/mol. The maximum Gasteiger partial charge on any atom is 0.221 e. The number of piperidine rings is 1. The standard InChI is InChI=1S/C11H21N3O/c12-9-2-1-6-14(8-9)7-5-11(15)13-10-3-4-10/h9-10H,1-8,12H2,(H,13,15)/t9-/m1/s1. The number of nitrogens with one attached hydrogen (secondary N) is 1. The normalized spacial score (nSPS) is 27.7. The van der Waals surface area contributed by atoms with Crippen molar-refractivity contribution in [2.45, 2.75) is 44.2 Å². The predicted octanol–water partition coefficient (Wildman–Crippen LogP) is 0.0782. The lowest BCUT2D eigenvalue weighted by atomic mass is 10.1. The van der Waals surface area contributed by atoms with Crippen LogP contribution in [0.15, 0.2) is 0 Å². The topological polar surface area (TPSA) is 58.4 Å². The van der Waals surface area contributed by atoms with Gasteiger partial charge >= 0.3 is 0 Å². The Labute approximate surface area is 91.2 Å². The Morgan fingerprint density at radius 2 is 2.20 bits per heavy atom. The van der Waals surface area contributed by atoms with Crippen LogP contribution in [0.3, 0.4) is 0 Å². The molecule has 0 aromatic heterocycles. The van der Waals surface area contributed by atoms with E-state index in [0.29, 0.717) is 18.5 Å². The fourth-order valence-electron chi connectivity index (χ4n) is 2.08. The molecule has 1 atom stereocenters. The smallest absolute Gasteiger partial charge is 0.221 e. The Morgan fingerprint density at radius 1 is 1.40 bits per heavy atom. The molecule has 15 heavy (non-hydrogen) atoms. The molecule has 3 N–H and O–H groups in total. The molecule has 2 fully saturated rings. The Hall–Kier alpha value is -0.610. The van der Waals surface area contributed by atoms with Crippen LogP contribution in [0.25, 0.3) is 0 Å². The molecule has 0 radical (unpaired) electrons. The van der Waals surface area contributed by atoms with Crippen LogP contribution < -0.4 is 11.1 Å². The lowest BCUT2D eigenvalue weighted by molar-refractivity contribution is -0.121. The molecule has 1 aliphatic carbocycles. The highest BCUT2D eigenvalue weighted by Crippen LogP contribution is 2.18. The largest absolute Gasteiger partial charge is 0.353 e. The van der Waals surface area contributed by atoms with Gasteiger partial charge in [-0.2, -0.15) is 0 Å². The number of hydrogen-bond donors (Lipinski definition) is 2. The van der Waals surface area contributed by atoms with E-state index in [0.717, 1.165) is 26.1 Å². The number of nitrogens with zero attached hydrogens (tertiary/aromatic N) is 1. The van der Waals surface area contributed by atoms with E-state index in [1.807, 2.05) is 0 Å². The summed E-state index contributed by atoms with van der Waals surface area (Å²) in [6.45, 7) is 2.92. The molecule has 0 unspecified atom stereocenters. The van der Waals surface area contributed by atoms with Crippen molar-refractivity contribution in [2.24, 2.45) is 5.73 Å². The van der Waals surface area contributed by atoms with Crippen molar-refractivity contribution in [1.82, 2.24) is 10.2 Å². The molecule has 4 nitrogen and oxygen atoms in total. The highest BCUT2D eigenvalue weighted by atomic mass is 16.1. The van der Waals surface area contributed by atoms with E-state index in [2.05, 4.69) is 10.2 Å². The molecular formula is C11H21N3O. The second-order valence-corrected chi connectivity index (χ2v) is 4.79. The number of amides is 1. The third-order valence-corrected chi connectivity index (χ3v) is 3.14. The zero-order chi connectivity index (χ0) is 10.7.